The van der Waals surface area contributed by atoms with Gasteiger partial charge in [-0.05, 0) is 43.0 Å². The predicted molar refractivity (Wildman–Crippen MR) is 88.2 cm³/mol. The fraction of sp³-hybridized carbons (Fsp3) is 0.556. The number of carboxylic acid groups (broad SMARTS) is 1. The Bertz CT molecular complexity index is 582. The summed E-state index contributed by atoms with van der Waals surface area (Å²) in [5.74, 6) is -0.262. The number of hydrogen-bond acceptors (Lipinski definition) is 4. The molecular weight excluding hydrogens is 294 g/mol. The maximum atomic E-state index is 12.7. The number of carboxylic acids is 1. The van der Waals surface area contributed by atoms with Gasteiger partial charge >= 0.3 is 5.97 Å². The van der Waals surface area contributed by atoms with Crippen molar-refractivity contribution in [1.29, 1.82) is 0 Å². The number of piperidine rings is 1. The number of nitrogens with zero attached hydrogens (tertiary/aromatic N) is 1. The summed E-state index contributed by atoms with van der Waals surface area (Å²) >= 11 is 0. The van der Waals surface area contributed by atoms with E-state index in [1.807, 2.05) is 23.1 Å². The van der Waals surface area contributed by atoms with Gasteiger partial charge < -0.3 is 9.84 Å². The van der Waals surface area contributed by atoms with Gasteiger partial charge in [-0.25, -0.2) is 0 Å². The van der Waals surface area contributed by atoms with Crippen molar-refractivity contribution in [2.75, 3.05) is 26.7 Å². The summed E-state index contributed by atoms with van der Waals surface area (Å²) < 4.78 is 5.32. The molecule has 0 saturated carbocycles. The number of carbonyl (C=O) groups excluding carboxylic acids is 1. The Hall–Kier alpha value is -1.88. The van der Waals surface area contributed by atoms with Crippen molar-refractivity contribution in [2.24, 2.45) is 5.92 Å². The number of likely N-dealkylation sites (tertiary alicyclic amines) is 1. The Kier molecular flexibility index (Phi) is 5.77. The van der Waals surface area contributed by atoms with E-state index in [2.05, 4.69) is 13.8 Å². The van der Waals surface area contributed by atoms with Gasteiger partial charge in [0.2, 0.25) is 0 Å². The van der Waals surface area contributed by atoms with Crippen LogP contribution in [0, 0.1) is 5.92 Å². The maximum Gasteiger partial charge on any atom is 0.307 e. The number of Topliss-reactive ketones (excluding diaryl/α,β-unsaturated/α-hetero) is 1. The van der Waals surface area contributed by atoms with Crippen LogP contribution in [0.3, 0.4) is 0 Å². The molecule has 2 rings (SSSR count). The van der Waals surface area contributed by atoms with Crippen LogP contribution in [-0.2, 0) is 4.79 Å². The fourth-order valence-electron chi connectivity index (χ4n) is 2.99. The maximum absolute atomic E-state index is 12.7. The quantitative estimate of drug-likeness (QED) is 0.817. The van der Waals surface area contributed by atoms with Gasteiger partial charge in [0.1, 0.15) is 5.75 Å². The number of methoxy groups -OCH3 is 1. The third kappa shape index (κ3) is 4.32. The molecule has 23 heavy (non-hydrogen) atoms. The smallest absolute Gasteiger partial charge is 0.307 e. The molecule has 0 bridgehead atoms. The van der Waals surface area contributed by atoms with E-state index in [9.17, 15) is 9.59 Å². The van der Waals surface area contributed by atoms with Crippen LogP contribution in [0.2, 0.25) is 0 Å². The van der Waals surface area contributed by atoms with Gasteiger partial charge in [0, 0.05) is 6.54 Å². The van der Waals surface area contributed by atoms with Crippen LogP contribution in [0.1, 0.15) is 48.5 Å². The molecule has 126 valence electrons. The lowest BCUT2D eigenvalue weighted by molar-refractivity contribution is -0.143. The molecule has 1 aliphatic rings. The first-order chi connectivity index (χ1) is 10.9. The fourth-order valence-corrected chi connectivity index (χ4v) is 2.99. The van der Waals surface area contributed by atoms with E-state index in [-0.39, 0.29) is 18.2 Å². The molecule has 5 heteroatoms. The molecule has 0 radical (unpaired) electrons. The highest BCUT2D eigenvalue weighted by Crippen LogP contribution is 2.25. The molecule has 1 aromatic carbocycles. The van der Waals surface area contributed by atoms with Gasteiger partial charge in [-0.2, -0.15) is 0 Å². The Morgan fingerprint density at radius 1 is 1.39 bits per heavy atom. The van der Waals surface area contributed by atoms with E-state index < -0.39 is 5.97 Å². The lowest BCUT2D eigenvalue weighted by Gasteiger charge is -2.30. The first-order valence-corrected chi connectivity index (χ1v) is 8.08. The van der Waals surface area contributed by atoms with Crippen LogP contribution < -0.4 is 4.74 Å². The second kappa shape index (κ2) is 7.59. The molecule has 1 N–H and O–H groups in total. The zero-order valence-electron chi connectivity index (χ0n) is 14.0. The Morgan fingerprint density at radius 3 is 2.74 bits per heavy atom. The molecule has 0 spiro atoms. The zero-order valence-corrected chi connectivity index (χ0v) is 14.0. The number of aliphatic carboxylic acids is 1. The van der Waals surface area contributed by atoms with Crippen molar-refractivity contribution in [3.05, 3.63) is 29.3 Å². The van der Waals surface area contributed by atoms with Crippen molar-refractivity contribution in [3.63, 3.8) is 0 Å². The highest BCUT2D eigenvalue weighted by atomic mass is 16.5. The molecule has 1 aliphatic heterocycles. The van der Waals surface area contributed by atoms with Gasteiger partial charge in [0.15, 0.2) is 5.78 Å². The minimum Gasteiger partial charge on any atom is -0.496 e. The lowest BCUT2D eigenvalue weighted by Crippen LogP contribution is -2.41. The predicted octanol–water partition coefficient (Wildman–Crippen LogP) is 2.80. The first-order valence-electron chi connectivity index (χ1n) is 8.08. The minimum atomic E-state index is -0.776. The van der Waals surface area contributed by atoms with E-state index in [1.54, 1.807) is 7.11 Å². The number of rotatable bonds is 6. The normalized spacial score (nSPS) is 18.9. The zero-order chi connectivity index (χ0) is 17.0. The summed E-state index contributed by atoms with van der Waals surface area (Å²) in [6.07, 6.45) is 1.50. The molecule has 1 heterocycles. The minimum absolute atomic E-state index is 0.0182. The van der Waals surface area contributed by atoms with Crippen LogP contribution in [0.15, 0.2) is 18.2 Å². The molecule has 0 aliphatic carbocycles. The van der Waals surface area contributed by atoms with Gasteiger partial charge in [-0.3, -0.25) is 14.5 Å². The summed E-state index contributed by atoms with van der Waals surface area (Å²) in [7, 11) is 1.56. The van der Waals surface area contributed by atoms with Crippen LogP contribution in [0.5, 0.6) is 5.75 Å². The molecular formula is C18H25NO4. The first kappa shape index (κ1) is 17.5. The summed E-state index contributed by atoms with van der Waals surface area (Å²) in [4.78, 5) is 25.8. The van der Waals surface area contributed by atoms with Gasteiger partial charge in [0.25, 0.3) is 0 Å². The number of ketones is 1. The molecule has 1 saturated heterocycles. The number of carbonyl (C=O) groups is 2. The van der Waals surface area contributed by atoms with Crippen molar-refractivity contribution >= 4 is 11.8 Å². The van der Waals surface area contributed by atoms with Crippen LogP contribution >= 0.6 is 0 Å². The Morgan fingerprint density at radius 2 is 2.13 bits per heavy atom. The van der Waals surface area contributed by atoms with Crippen molar-refractivity contribution in [2.45, 2.75) is 32.6 Å². The van der Waals surface area contributed by atoms with Crippen LogP contribution in [-0.4, -0.2) is 48.5 Å². The van der Waals surface area contributed by atoms with Crippen LogP contribution in [0.25, 0.3) is 0 Å². The molecule has 1 unspecified atom stereocenters. The Balaban J connectivity index is 2.13. The average Bonchev–Trinajstić information content (AvgIpc) is 2.54. The molecule has 1 fully saturated rings. The summed E-state index contributed by atoms with van der Waals surface area (Å²) in [5, 5.41) is 9.16. The number of benzene rings is 1. The van der Waals surface area contributed by atoms with E-state index in [0.717, 1.165) is 18.5 Å². The number of hydrogen-bond donors (Lipinski definition) is 1. The standard InChI is InChI=1S/C18H25NO4/c1-12(2)13-6-7-17(23-3)15(9-13)16(20)11-19-8-4-5-14(10-19)18(21)22/h6-7,9,12,14H,4-5,8,10-11H2,1-3H3,(H,21,22). The van der Waals surface area contributed by atoms with Crippen LogP contribution in [0.4, 0.5) is 0 Å². The molecule has 0 amide bonds. The van der Waals surface area contributed by atoms with E-state index >= 15 is 0 Å². The molecule has 1 aromatic rings. The van der Waals surface area contributed by atoms with Crippen molar-refractivity contribution in [1.82, 2.24) is 4.90 Å². The second-order valence-electron chi connectivity index (χ2n) is 6.45. The third-order valence-electron chi connectivity index (χ3n) is 4.41. The Labute approximate surface area is 137 Å². The SMILES string of the molecule is COc1ccc(C(C)C)cc1C(=O)CN1CCCC(C(=O)O)C1. The summed E-state index contributed by atoms with van der Waals surface area (Å²) in [6.45, 7) is 5.60. The highest BCUT2D eigenvalue weighted by molar-refractivity contribution is 6.00. The summed E-state index contributed by atoms with van der Waals surface area (Å²) in [6, 6.07) is 5.70. The van der Waals surface area contributed by atoms with Crippen molar-refractivity contribution in [3.8, 4) is 5.75 Å². The second-order valence-corrected chi connectivity index (χ2v) is 6.45. The van der Waals surface area contributed by atoms with Gasteiger partial charge in [-0.15, -0.1) is 0 Å². The van der Waals surface area contributed by atoms with E-state index in [0.29, 0.717) is 30.2 Å². The van der Waals surface area contributed by atoms with Gasteiger partial charge in [0.05, 0.1) is 25.1 Å². The lowest BCUT2D eigenvalue weighted by atomic mass is 9.96. The third-order valence-corrected chi connectivity index (χ3v) is 4.41. The topological polar surface area (TPSA) is 66.8 Å². The number of ether oxygens (including phenoxy) is 1. The monoisotopic (exact) mass is 319 g/mol. The summed E-state index contributed by atoms with van der Waals surface area (Å²) in [5.41, 5.74) is 1.67. The molecule has 1 atom stereocenters. The van der Waals surface area contributed by atoms with Gasteiger partial charge in [-0.1, -0.05) is 19.9 Å². The largest absolute Gasteiger partial charge is 0.496 e. The van der Waals surface area contributed by atoms with E-state index in [1.165, 1.54) is 0 Å². The molecule has 5 nitrogen and oxygen atoms in total. The molecule has 0 aromatic heterocycles. The van der Waals surface area contributed by atoms with E-state index in [4.69, 9.17) is 9.84 Å². The van der Waals surface area contributed by atoms with Crippen molar-refractivity contribution < 1.29 is 19.4 Å². The average molecular weight is 319 g/mol. The highest BCUT2D eigenvalue weighted by Gasteiger charge is 2.27.